The van der Waals surface area contributed by atoms with Gasteiger partial charge in [0.2, 0.25) is 0 Å². The van der Waals surface area contributed by atoms with Crippen LogP contribution in [-0.2, 0) is 19.2 Å². The molecule has 0 aliphatic rings. The zero-order valence-electron chi connectivity index (χ0n) is 15.0. The maximum Gasteiger partial charge on any atom is 0.320 e. The van der Waals surface area contributed by atoms with Crippen molar-refractivity contribution in [1.29, 1.82) is 0 Å². The minimum absolute atomic E-state index is 0.0231. The molecule has 0 aliphatic carbocycles. The predicted octanol–water partition coefficient (Wildman–Crippen LogP) is 0.737. The van der Waals surface area contributed by atoms with Gasteiger partial charge in [-0.1, -0.05) is 26.2 Å². The molecule has 2 unspecified atom stereocenters. The topological polar surface area (TPSA) is 187 Å². The van der Waals surface area contributed by atoms with Crippen LogP contribution in [0.2, 0.25) is 0 Å². The molecule has 0 fully saturated rings. The summed E-state index contributed by atoms with van der Waals surface area (Å²) in [7, 11) is 0. The lowest BCUT2D eigenvalue weighted by Crippen LogP contribution is -2.37. The standard InChI is InChI=1S/C11H21NO4.C5H9NO4/c1-2-3-4-5-8-12-9(11(15)16)6-7-10(13)14;6-3(5(9)10)1-2-4(7)8/h9,12H,2-8H2,1H3,(H,13,14)(H,15,16);3H,1-2,6H2,(H,7,8)(H,9,10). The highest BCUT2D eigenvalue weighted by molar-refractivity contribution is 5.75. The van der Waals surface area contributed by atoms with E-state index < -0.39 is 36.0 Å². The molecule has 7 N–H and O–H groups in total. The number of carbonyl (C=O) groups is 4. The maximum atomic E-state index is 10.8. The second-order valence-corrected chi connectivity index (χ2v) is 5.72. The van der Waals surface area contributed by atoms with Crippen LogP contribution in [0.1, 0.15) is 58.3 Å². The Labute approximate surface area is 152 Å². The Morgan fingerprint density at radius 2 is 1.38 bits per heavy atom. The minimum atomic E-state index is -1.17. The second-order valence-electron chi connectivity index (χ2n) is 5.72. The van der Waals surface area contributed by atoms with Gasteiger partial charge in [0.15, 0.2) is 0 Å². The van der Waals surface area contributed by atoms with E-state index in [1.807, 2.05) is 0 Å². The van der Waals surface area contributed by atoms with E-state index in [1.54, 1.807) is 0 Å². The van der Waals surface area contributed by atoms with Crippen molar-refractivity contribution < 1.29 is 39.6 Å². The van der Waals surface area contributed by atoms with E-state index in [-0.39, 0.29) is 25.7 Å². The third-order valence-electron chi connectivity index (χ3n) is 3.35. The van der Waals surface area contributed by atoms with Gasteiger partial charge in [0.1, 0.15) is 12.1 Å². The Morgan fingerprint density at radius 3 is 1.81 bits per heavy atom. The molecule has 0 saturated carbocycles. The molecule has 0 spiro atoms. The fourth-order valence-corrected chi connectivity index (χ4v) is 1.81. The summed E-state index contributed by atoms with van der Waals surface area (Å²) in [6, 6.07) is -1.80. The van der Waals surface area contributed by atoms with Gasteiger partial charge in [-0.25, -0.2) is 0 Å². The number of carboxylic acids is 4. The van der Waals surface area contributed by atoms with E-state index in [0.29, 0.717) is 6.54 Å². The van der Waals surface area contributed by atoms with E-state index >= 15 is 0 Å². The molecule has 0 aliphatic heterocycles. The molecule has 0 saturated heterocycles. The van der Waals surface area contributed by atoms with Crippen LogP contribution in [0.3, 0.4) is 0 Å². The van der Waals surface area contributed by atoms with Crippen molar-refractivity contribution in [3.63, 3.8) is 0 Å². The Kier molecular flexibility index (Phi) is 16.3. The van der Waals surface area contributed by atoms with Crippen molar-refractivity contribution in [3.05, 3.63) is 0 Å². The highest BCUT2D eigenvalue weighted by Crippen LogP contribution is 2.01. The van der Waals surface area contributed by atoms with E-state index in [1.165, 1.54) is 0 Å². The number of hydrogen-bond acceptors (Lipinski definition) is 6. The summed E-state index contributed by atoms with van der Waals surface area (Å²) in [5.41, 5.74) is 5.00. The first-order valence-electron chi connectivity index (χ1n) is 8.49. The van der Waals surface area contributed by atoms with Gasteiger partial charge in [0, 0.05) is 12.8 Å². The SMILES string of the molecule is CCCCCCNC(CCC(=O)O)C(=O)O.NC(CCC(=O)O)C(=O)O. The van der Waals surface area contributed by atoms with Crippen molar-refractivity contribution in [1.82, 2.24) is 5.32 Å². The zero-order chi connectivity index (χ0) is 20.5. The quantitative estimate of drug-likeness (QED) is 0.235. The molecule has 0 bridgehead atoms. The van der Waals surface area contributed by atoms with Gasteiger partial charge in [-0.2, -0.15) is 0 Å². The predicted molar refractivity (Wildman–Crippen MR) is 92.9 cm³/mol. The van der Waals surface area contributed by atoms with Crippen molar-refractivity contribution in [2.24, 2.45) is 5.73 Å². The Bertz CT molecular complexity index is 442. The smallest absolute Gasteiger partial charge is 0.320 e. The highest BCUT2D eigenvalue weighted by atomic mass is 16.4. The van der Waals surface area contributed by atoms with Gasteiger partial charge >= 0.3 is 23.9 Å². The Morgan fingerprint density at radius 1 is 0.846 bits per heavy atom. The van der Waals surface area contributed by atoms with Gasteiger partial charge in [0.25, 0.3) is 0 Å². The Balaban J connectivity index is 0. The van der Waals surface area contributed by atoms with Crippen LogP contribution < -0.4 is 11.1 Å². The number of rotatable bonds is 14. The van der Waals surface area contributed by atoms with Crippen LogP contribution in [0.4, 0.5) is 0 Å². The summed E-state index contributed by atoms with van der Waals surface area (Å²) in [6.07, 6.45) is 4.10. The number of aliphatic carboxylic acids is 4. The molecule has 0 aromatic heterocycles. The lowest BCUT2D eigenvalue weighted by atomic mass is 10.1. The van der Waals surface area contributed by atoms with E-state index in [0.717, 1.165) is 25.7 Å². The van der Waals surface area contributed by atoms with Crippen LogP contribution >= 0.6 is 0 Å². The average Bonchev–Trinajstić information content (AvgIpc) is 2.54. The highest BCUT2D eigenvalue weighted by Gasteiger charge is 2.17. The van der Waals surface area contributed by atoms with Crippen molar-refractivity contribution in [3.8, 4) is 0 Å². The van der Waals surface area contributed by atoms with E-state index in [4.69, 9.17) is 26.2 Å². The van der Waals surface area contributed by atoms with E-state index in [2.05, 4.69) is 12.2 Å². The molecule has 0 amide bonds. The first-order valence-corrected chi connectivity index (χ1v) is 8.49. The summed E-state index contributed by atoms with van der Waals surface area (Å²) in [4.78, 5) is 41.0. The summed E-state index contributed by atoms with van der Waals surface area (Å²) in [6.45, 7) is 2.75. The molecular formula is C16H30N2O8. The third-order valence-corrected chi connectivity index (χ3v) is 3.35. The molecule has 10 nitrogen and oxygen atoms in total. The number of hydrogen-bond donors (Lipinski definition) is 6. The average molecular weight is 378 g/mol. The lowest BCUT2D eigenvalue weighted by Gasteiger charge is -2.12. The van der Waals surface area contributed by atoms with E-state index in [9.17, 15) is 19.2 Å². The van der Waals surface area contributed by atoms with Crippen molar-refractivity contribution >= 4 is 23.9 Å². The zero-order valence-corrected chi connectivity index (χ0v) is 15.0. The first-order chi connectivity index (χ1) is 12.1. The third kappa shape index (κ3) is 18.1. The van der Waals surface area contributed by atoms with Crippen molar-refractivity contribution in [2.75, 3.05) is 6.54 Å². The van der Waals surface area contributed by atoms with Crippen molar-refractivity contribution in [2.45, 2.75) is 70.4 Å². The fourth-order valence-electron chi connectivity index (χ4n) is 1.81. The molecule has 2 atom stereocenters. The summed E-state index contributed by atoms with van der Waals surface area (Å²) in [5, 5.41) is 36.4. The summed E-state index contributed by atoms with van der Waals surface area (Å²) >= 11 is 0. The largest absolute Gasteiger partial charge is 0.481 e. The van der Waals surface area contributed by atoms with Gasteiger partial charge in [-0.05, 0) is 25.8 Å². The summed E-state index contributed by atoms with van der Waals surface area (Å²) in [5.74, 6) is -4.13. The monoisotopic (exact) mass is 378 g/mol. The van der Waals surface area contributed by atoms with Crippen LogP contribution in [0, 0.1) is 0 Å². The molecule has 152 valence electrons. The summed E-state index contributed by atoms with van der Waals surface area (Å²) < 4.78 is 0. The first kappa shape index (κ1) is 26.0. The number of unbranched alkanes of at least 4 members (excludes halogenated alkanes) is 3. The molecule has 0 heterocycles. The van der Waals surface area contributed by atoms with Gasteiger partial charge < -0.3 is 31.5 Å². The molecule has 10 heteroatoms. The van der Waals surface area contributed by atoms with Crippen LogP contribution in [0.5, 0.6) is 0 Å². The van der Waals surface area contributed by atoms with Crippen LogP contribution in [0.25, 0.3) is 0 Å². The Hall–Kier alpha value is -2.20. The molecule has 0 rings (SSSR count). The van der Waals surface area contributed by atoms with Gasteiger partial charge in [-0.3, -0.25) is 19.2 Å². The number of carboxylic acid groups (broad SMARTS) is 4. The van der Waals surface area contributed by atoms with Crippen LogP contribution in [-0.4, -0.2) is 62.9 Å². The van der Waals surface area contributed by atoms with Gasteiger partial charge in [0.05, 0.1) is 0 Å². The maximum absolute atomic E-state index is 10.8. The molecule has 0 radical (unpaired) electrons. The molecular weight excluding hydrogens is 348 g/mol. The molecule has 0 aromatic rings. The van der Waals surface area contributed by atoms with Crippen LogP contribution in [0.15, 0.2) is 0 Å². The number of nitrogens with one attached hydrogen (secondary N) is 1. The second kappa shape index (κ2) is 16.3. The number of nitrogens with two attached hydrogens (primary N) is 1. The fraction of sp³-hybridized carbons (Fsp3) is 0.750. The normalized spacial score (nSPS) is 12.4. The molecule has 26 heavy (non-hydrogen) atoms. The minimum Gasteiger partial charge on any atom is -0.481 e. The van der Waals surface area contributed by atoms with Gasteiger partial charge in [-0.15, -0.1) is 0 Å². The lowest BCUT2D eigenvalue weighted by molar-refractivity contribution is -0.142. The molecule has 0 aromatic carbocycles.